The molecule has 0 aromatic rings. The molecule has 2 fully saturated rings. The minimum absolute atomic E-state index is 0.273. The fourth-order valence-electron chi connectivity index (χ4n) is 3.72. The third-order valence-electron chi connectivity index (χ3n) is 5.23. The first-order valence-corrected chi connectivity index (χ1v) is 8.06. The van der Waals surface area contributed by atoms with E-state index in [9.17, 15) is 0 Å². The number of likely N-dealkylation sites (tertiary alicyclic amines) is 1. The van der Waals surface area contributed by atoms with Crippen LogP contribution in [0.5, 0.6) is 0 Å². The Morgan fingerprint density at radius 2 is 1.79 bits per heavy atom. The van der Waals surface area contributed by atoms with Crippen LogP contribution < -0.4 is 5.73 Å². The van der Waals surface area contributed by atoms with Crippen molar-refractivity contribution in [1.29, 1.82) is 0 Å². The maximum Gasteiger partial charge on any atom is 0.0344 e. The maximum absolute atomic E-state index is 6.24. The van der Waals surface area contributed by atoms with Crippen molar-refractivity contribution in [3.63, 3.8) is 0 Å². The lowest BCUT2D eigenvalue weighted by Crippen LogP contribution is -2.55. The number of rotatable bonds is 3. The van der Waals surface area contributed by atoms with Crippen LogP contribution in [0.4, 0.5) is 0 Å². The Kier molecular flexibility index (Phi) is 5.63. The van der Waals surface area contributed by atoms with E-state index in [0.29, 0.717) is 0 Å². The summed E-state index contributed by atoms with van der Waals surface area (Å²) in [5, 5.41) is 0. The number of hydrogen-bond donors (Lipinski definition) is 1. The number of nitrogens with zero attached hydrogens (tertiary/aromatic N) is 3. The van der Waals surface area contributed by atoms with Crippen molar-refractivity contribution in [2.45, 2.75) is 38.1 Å². The van der Waals surface area contributed by atoms with Gasteiger partial charge >= 0.3 is 0 Å². The van der Waals surface area contributed by atoms with Crippen molar-refractivity contribution < 1.29 is 0 Å². The van der Waals surface area contributed by atoms with Crippen molar-refractivity contribution in [2.75, 3.05) is 59.4 Å². The SMILES string of the molecule is CCN1CCCC(CN)(N2CCCN(C)CC2)CC1. The molecule has 0 aromatic heterocycles. The summed E-state index contributed by atoms with van der Waals surface area (Å²) < 4.78 is 0. The van der Waals surface area contributed by atoms with E-state index in [1.165, 1.54) is 71.5 Å². The van der Waals surface area contributed by atoms with Crippen molar-refractivity contribution in [2.24, 2.45) is 5.73 Å². The molecule has 0 aliphatic carbocycles. The summed E-state index contributed by atoms with van der Waals surface area (Å²) in [6.45, 7) is 11.6. The van der Waals surface area contributed by atoms with Gasteiger partial charge in [-0.1, -0.05) is 6.92 Å². The molecule has 0 radical (unpaired) electrons. The van der Waals surface area contributed by atoms with Crippen molar-refractivity contribution in [3.05, 3.63) is 0 Å². The minimum Gasteiger partial charge on any atom is -0.329 e. The van der Waals surface area contributed by atoms with Crippen LogP contribution in [0.25, 0.3) is 0 Å². The molecule has 2 saturated heterocycles. The van der Waals surface area contributed by atoms with E-state index in [-0.39, 0.29) is 5.54 Å². The van der Waals surface area contributed by atoms with Crippen molar-refractivity contribution in [3.8, 4) is 0 Å². The fraction of sp³-hybridized carbons (Fsp3) is 1.00. The molecule has 1 unspecified atom stereocenters. The van der Waals surface area contributed by atoms with Crippen LogP contribution in [-0.4, -0.2) is 79.6 Å². The topological polar surface area (TPSA) is 35.7 Å². The third kappa shape index (κ3) is 3.69. The summed E-state index contributed by atoms with van der Waals surface area (Å²) in [5.41, 5.74) is 6.51. The van der Waals surface area contributed by atoms with Gasteiger partial charge in [-0.25, -0.2) is 0 Å². The van der Waals surface area contributed by atoms with Crippen LogP contribution in [0.1, 0.15) is 32.6 Å². The Labute approximate surface area is 118 Å². The molecular weight excluding hydrogens is 236 g/mol. The Morgan fingerprint density at radius 1 is 0.947 bits per heavy atom. The molecule has 4 nitrogen and oxygen atoms in total. The molecule has 2 heterocycles. The zero-order chi connectivity index (χ0) is 13.7. The smallest absolute Gasteiger partial charge is 0.0344 e. The van der Waals surface area contributed by atoms with Gasteiger partial charge in [-0.15, -0.1) is 0 Å². The van der Waals surface area contributed by atoms with Gasteiger partial charge in [0.25, 0.3) is 0 Å². The molecule has 112 valence electrons. The second-order valence-electron chi connectivity index (χ2n) is 6.36. The highest BCUT2D eigenvalue weighted by atomic mass is 15.3. The lowest BCUT2D eigenvalue weighted by molar-refractivity contribution is 0.0824. The average molecular weight is 268 g/mol. The van der Waals surface area contributed by atoms with Gasteiger partial charge in [0.1, 0.15) is 0 Å². The van der Waals surface area contributed by atoms with E-state index in [2.05, 4.69) is 28.7 Å². The zero-order valence-electron chi connectivity index (χ0n) is 12.9. The summed E-state index contributed by atoms with van der Waals surface area (Å²) in [5.74, 6) is 0. The Bertz CT molecular complexity index is 271. The fourth-order valence-corrected chi connectivity index (χ4v) is 3.72. The van der Waals surface area contributed by atoms with Crippen molar-refractivity contribution >= 4 is 0 Å². The number of hydrogen-bond acceptors (Lipinski definition) is 4. The predicted molar refractivity (Wildman–Crippen MR) is 81.4 cm³/mol. The summed E-state index contributed by atoms with van der Waals surface area (Å²) >= 11 is 0. The first-order valence-electron chi connectivity index (χ1n) is 8.06. The number of nitrogens with two attached hydrogens (primary N) is 1. The molecule has 19 heavy (non-hydrogen) atoms. The van der Waals surface area contributed by atoms with E-state index in [1.807, 2.05) is 0 Å². The first-order chi connectivity index (χ1) is 9.20. The molecule has 4 heteroatoms. The molecule has 1 atom stereocenters. The molecule has 2 rings (SSSR count). The first kappa shape index (κ1) is 15.2. The molecule has 0 aromatic carbocycles. The number of likely N-dealkylation sites (N-methyl/N-ethyl adjacent to an activating group) is 1. The normalized spacial score (nSPS) is 33.0. The van der Waals surface area contributed by atoms with Crippen LogP contribution in [0.3, 0.4) is 0 Å². The molecule has 0 bridgehead atoms. The van der Waals surface area contributed by atoms with Crippen LogP contribution in [-0.2, 0) is 0 Å². The van der Waals surface area contributed by atoms with Gasteiger partial charge in [0, 0.05) is 31.7 Å². The molecule has 2 aliphatic heterocycles. The van der Waals surface area contributed by atoms with Gasteiger partial charge < -0.3 is 15.5 Å². The summed E-state index contributed by atoms with van der Waals surface area (Å²) in [7, 11) is 2.24. The van der Waals surface area contributed by atoms with Crippen LogP contribution >= 0.6 is 0 Å². The van der Waals surface area contributed by atoms with Crippen molar-refractivity contribution in [1.82, 2.24) is 14.7 Å². The molecular formula is C15H32N4. The highest BCUT2D eigenvalue weighted by molar-refractivity contribution is 4.95. The van der Waals surface area contributed by atoms with Gasteiger partial charge in [0.2, 0.25) is 0 Å². The van der Waals surface area contributed by atoms with Gasteiger partial charge in [-0.05, 0) is 58.9 Å². The lowest BCUT2D eigenvalue weighted by atomic mass is 9.88. The summed E-state index contributed by atoms with van der Waals surface area (Å²) in [6.07, 6.45) is 5.12. The van der Waals surface area contributed by atoms with Crippen LogP contribution in [0.15, 0.2) is 0 Å². The van der Waals surface area contributed by atoms with E-state index in [0.717, 1.165) is 6.54 Å². The molecule has 0 amide bonds. The molecule has 0 saturated carbocycles. The van der Waals surface area contributed by atoms with E-state index in [1.54, 1.807) is 0 Å². The second kappa shape index (κ2) is 7.02. The van der Waals surface area contributed by atoms with Gasteiger partial charge in [0.05, 0.1) is 0 Å². The maximum atomic E-state index is 6.24. The predicted octanol–water partition coefficient (Wildman–Crippen LogP) is 0.827. The second-order valence-corrected chi connectivity index (χ2v) is 6.36. The van der Waals surface area contributed by atoms with E-state index >= 15 is 0 Å². The summed E-state index contributed by atoms with van der Waals surface area (Å²) in [4.78, 5) is 7.76. The Morgan fingerprint density at radius 3 is 2.53 bits per heavy atom. The highest BCUT2D eigenvalue weighted by Gasteiger charge is 2.37. The average Bonchev–Trinajstić information content (AvgIpc) is 2.77. The van der Waals surface area contributed by atoms with Crippen LogP contribution in [0.2, 0.25) is 0 Å². The molecule has 2 aliphatic rings. The van der Waals surface area contributed by atoms with E-state index in [4.69, 9.17) is 5.73 Å². The highest BCUT2D eigenvalue weighted by Crippen LogP contribution is 2.29. The van der Waals surface area contributed by atoms with Gasteiger partial charge in [0.15, 0.2) is 0 Å². The third-order valence-corrected chi connectivity index (χ3v) is 5.23. The van der Waals surface area contributed by atoms with Gasteiger partial charge in [-0.2, -0.15) is 0 Å². The molecule has 2 N–H and O–H groups in total. The monoisotopic (exact) mass is 268 g/mol. The quantitative estimate of drug-likeness (QED) is 0.822. The lowest BCUT2D eigenvalue weighted by Gasteiger charge is -2.43. The largest absolute Gasteiger partial charge is 0.329 e. The summed E-state index contributed by atoms with van der Waals surface area (Å²) in [6, 6.07) is 0. The minimum atomic E-state index is 0.273. The molecule has 0 spiro atoms. The Hall–Kier alpha value is -0.160. The Balaban J connectivity index is 2.03. The van der Waals surface area contributed by atoms with E-state index < -0.39 is 0 Å². The standard InChI is InChI=1S/C15H32N4/c1-3-18-9-4-6-15(14-16,7-11-18)19-10-5-8-17(2)12-13-19/h3-14,16H2,1-2H3. The van der Waals surface area contributed by atoms with Gasteiger partial charge in [-0.3, -0.25) is 4.90 Å². The zero-order valence-corrected chi connectivity index (χ0v) is 12.9. The van der Waals surface area contributed by atoms with Crippen LogP contribution in [0, 0.1) is 0 Å².